The second-order valence-corrected chi connectivity index (χ2v) is 5.50. The first-order valence-electron chi connectivity index (χ1n) is 6.99. The van der Waals surface area contributed by atoms with Crippen LogP contribution in [0, 0.1) is 0 Å². The zero-order valence-corrected chi connectivity index (χ0v) is 11.6. The Bertz CT molecular complexity index is 342. The first-order valence-corrected chi connectivity index (χ1v) is 6.99. The summed E-state index contributed by atoms with van der Waals surface area (Å²) >= 11 is 0. The molecule has 108 valence electrons. The highest BCUT2D eigenvalue weighted by atomic mass is 16.5. The first kappa shape index (κ1) is 14.3. The van der Waals surface area contributed by atoms with Gasteiger partial charge in [-0.05, 0) is 12.8 Å². The molecular weight excluding hydrogens is 246 g/mol. The van der Waals surface area contributed by atoms with E-state index < -0.39 is 6.04 Å². The van der Waals surface area contributed by atoms with E-state index in [2.05, 4.69) is 10.6 Å². The first-order chi connectivity index (χ1) is 9.08. The van der Waals surface area contributed by atoms with Crippen molar-refractivity contribution in [2.45, 2.75) is 44.8 Å². The van der Waals surface area contributed by atoms with E-state index in [0.717, 1.165) is 12.8 Å². The molecule has 2 aliphatic rings. The van der Waals surface area contributed by atoms with E-state index in [1.165, 1.54) is 0 Å². The van der Waals surface area contributed by atoms with Gasteiger partial charge in [0.25, 0.3) is 0 Å². The van der Waals surface area contributed by atoms with E-state index in [1.807, 2.05) is 13.8 Å². The van der Waals surface area contributed by atoms with Crippen molar-refractivity contribution in [2.24, 2.45) is 0 Å². The van der Waals surface area contributed by atoms with Gasteiger partial charge in [0.05, 0.1) is 19.8 Å². The number of carbonyl (C=O) groups is 2. The van der Waals surface area contributed by atoms with Crippen LogP contribution >= 0.6 is 0 Å². The summed E-state index contributed by atoms with van der Waals surface area (Å²) in [6.07, 6.45) is 2.09. The van der Waals surface area contributed by atoms with Crippen molar-refractivity contribution in [3.05, 3.63) is 0 Å². The Morgan fingerprint density at radius 3 is 2.74 bits per heavy atom. The predicted octanol–water partition coefficient (Wildman–Crippen LogP) is -0.510. The summed E-state index contributed by atoms with van der Waals surface area (Å²) in [5, 5.41) is 6.03. The van der Waals surface area contributed by atoms with E-state index in [1.54, 1.807) is 4.90 Å². The van der Waals surface area contributed by atoms with E-state index in [9.17, 15) is 9.59 Å². The van der Waals surface area contributed by atoms with Crippen LogP contribution in [0.2, 0.25) is 0 Å². The maximum Gasteiger partial charge on any atom is 0.245 e. The monoisotopic (exact) mass is 269 g/mol. The van der Waals surface area contributed by atoms with Crippen LogP contribution in [-0.2, 0) is 14.3 Å². The van der Waals surface area contributed by atoms with Crippen LogP contribution in [-0.4, -0.2) is 61.1 Å². The lowest BCUT2D eigenvalue weighted by Gasteiger charge is -2.34. The topological polar surface area (TPSA) is 70.7 Å². The maximum absolute atomic E-state index is 12.1. The van der Waals surface area contributed by atoms with Crippen LogP contribution in [0.5, 0.6) is 0 Å². The number of ether oxygens (including phenoxy) is 1. The number of nitrogens with one attached hydrogen (secondary N) is 2. The number of amides is 2. The van der Waals surface area contributed by atoms with Gasteiger partial charge in [-0.2, -0.15) is 0 Å². The molecule has 2 fully saturated rings. The molecule has 1 saturated carbocycles. The highest BCUT2D eigenvalue weighted by Crippen LogP contribution is 2.19. The second kappa shape index (κ2) is 6.34. The summed E-state index contributed by atoms with van der Waals surface area (Å²) in [5.41, 5.74) is 0. The van der Waals surface area contributed by atoms with Crippen LogP contribution in [0.25, 0.3) is 0 Å². The zero-order valence-electron chi connectivity index (χ0n) is 11.6. The van der Waals surface area contributed by atoms with E-state index >= 15 is 0 Å². The molecule has 2 N–H and O–H groups in total. The summed E-state index contributed by atoms with van der Waals surface area (Å²) in [6.45, 7) is 5.53. The van der Waals surface area contributed by atoms with E-state index in [-0.39, 0.29) is 24.4 Å². The van der Waals surface area contributed by atoms with Crippen molar-refractivity contribution in [2.75, 3.05) is 26.3 Å². The quantitative estimate of drug-likeness (QED) is 0.705. The lowest BCUT2D eigenvalue weighted by molar-refractivity contribution is -0.148. The van der Waals surface area contributed by atoms with Crippen LogP contribution < -0.4 is 10.6 Å². The highest BCUT2D eigenvalue weighted by Gasteiger charge is 2.35. The third-order valence-electron chi connectivity index (χ3n) is 3.34. The molecule has 2 amide bonds. The van der Waals surface area contributed by atoms with Crippen molar-refractivity contribution in [3.8, 4) is 0 Å². The lowest BCUT2D eigenvalue weighted by Crippen LogP contribution is -2.57. The molecule has 0 aromatic heterocycles. The smallest absolute Gasteiger partial charge is 0.245 e. The minimum atomic E-state index is -0.476. The van der Waals surface area contributed by atoms with E-state index in [0.29, 0.717) is 25.8 Å². The minimum Gasteiger partial charge on any atom is -0.377 e. The van der Waals surface area contributed by atoms with Crippen LogP contribution in [0.1, 0.15) is 26.7 Å². The predicted molar refractivity (Wildman–Crippen MR) is 70.6 cm³/mol. The third kappa shape index (κ3) is 4.18. The fourth-order valence-electron chi connectivity index (χ4n) is 2.04. The molecule has 1 atom stereocenters. The van der Waals surface area contributed by atoms with Crippen LogP contribution in [0.4, 0.5) is 0 Å². The Morgan fingerprint density at radius 2 is 2.11 bits per heavy atom. The van der Waals surface area contributed by atoms with Crippen molar-refractivity contribution < 1.29 is 14.3 Å². The Hall–Kier alpha value is -1.14. The van der Waals surface area contributed by atoms with Gasteiger partial charge < -0.3 is 20.3 Å². The molecule has 19 heavy (non-hydrogen) atoms. The number of nitrogens with zero attached hydrogens (tertiary/aromatic N) is 1. The average Bonchev–Trinajstić information content (AvgIpc) is 3.19. The van der Waals surface area contributed by atoms with Crippen LogP contribution in [0.3, 0.4) is 0 Å². The number of hydrogen-bond donors (Lipinski definition) is 2. The molecule has 1 aliphatic carbocycles. The molecule has 0 aromatic rings. The molecular formula is C13H23N3O3. The summed E-state index contributed by atoms with van der Waals surface area (Å²) in [6, 6.07) is 0.0831. The van der Waals surface area contributed by atoms with Crippen LogP contribution in [0.15, 0.2) is 0 Å². The van der Waals surface area contributed by atoms with Gasteiger partial charge in [0.15, 0.2) is 0 Å². The SMILES string of the molecule is CC(C)NCC(=O)N1CCOCC1C(=O)NC1CC1. The molecule has 1 aliphatic heterocycles. The van der Waals surface area contributed by atoms with Gasteiger partial charge in [0, 0.05) is 18.6 Å². The summed E-state index contributed by atoms with van der Waals surface area (Å²) in [7, 11) is 0. The van der Waals surface area contributed by atoms with Crippen molar-refractivity contribution in [1.29, 1.82) is 0 Å². The molecule has 1 saturated heterocycles. The van der Waals surface area contributed by atoms with Gasteiger partial charge >= 0.3 is 0 Å². The standard InChI is InChI=1S/C13H23N3O3/c1-9(2)14-7-12(17)16-5-6-19-8-11(16)13(18)15-10-3-4-10/h9-11,14H,3-8H2,1-2H3,(H,15,18). The molecule has 0 radical (unpaired) electrons. The summed E-state index contributed by atoms with van der Waals surface area (Å²) in [4.78, 5) is 25.9. The fraction of sp³-hybridized carbons (Fsp3) is 0.846. The van der Waals surface area contributed by atoms with Gasteiger partial charge in [0.2, 0.25) is 11.8 Å². The highest BCUT2D eigenvalue weighted by molar-refractivity contribution is 5.89. The van der Waals surface area contributed by atoms with Crippen molar-refractivity contribution in [1.82, 2.24) is 15.5 Å². The van der Waals surface area contributed by atoms with Gasteiger partial charge in [-0.15, -0.1) is 0 Å². The zero-order chi connectivity index (χ0) is 13.8. The molecule has 1 heterocycles. The van der Waals surface area contributed by atoms with Gasteiger partial charge in [-0.1, -0.05) is 13.8 Å². The average molecular weight is 269 g/mol. The lowest BCUT2D eigenvalue weighted by atomic mass is 10.2. The van der Waals surface area contributed by atoms with Gasteiger partial charge in [-0.3, -0.25) is 9.59 Å². The largest absolute Gasteiger partial charge is 0.377 e. The Labute approximate surface area is 113 Å². The fourth-order valence-corrected chi connectivity index (χ4v) is 2.04. The number of hydrogen-bond acceptors (Lipinski definition) is 4. The maximum atomic E-state index is 12.1. The number of carbonyl (C=O) groups excluding carboxylic acids is 2. The Balaban J connectivity index is 1.90. The molecule has 0 spiro atoms. The molecule has 2 rings (SSSR count). The van der Waals surface area contributed by atoms with Crippen molar-refractivity contribution in [3.63, 3.8) is 0 Å². The molecule has 0 bridgehead atoms. The van der Waals surface area contributed by atoms with E-state index in [4.69, 9.17) is 4.74 Å². The molecule has 1 unspecified atom stereocenters. The minimum absolute atomic E-state index is 0.0343. The molecule has 6 heteroatoms. The number of rotatable bonds is 5. The van der Waals surface area contributed by atoms with Crippen molar-refractivity contribution >= 4 is 11.8 Å². The Morgan fingerprint density at radius 1 is 1.37 bits per heavy atom. The second-order valence-electron chi connectivity index (χ2n) is 5.50. The normalized spacial score (nSPS) is 23.5. The summed E-state index contributed by atoms with van der Waals surface area (Å²) < 4.78 is 5.34. The van der Waals surface area contributed by atoms with Gasteiger partial charge in [0.1, 0.15) is 6.04 Å². The molecule has 6 nitrogen and oxygen atoms in total. The third-order valence-corrected chi connectivity index (χ3v) is 3.34. The summed E-state index contributed by atoms with van der Waals surface area (Å²) in [5.74, 6) is -0.118. The molecule has 0 aromatic carbocycles. The number of morpholine rings is 1. The Kier molecular flexibility index (Phi) is 4.76. The van der Waals surface area contributed by atoms with Gasteiger partial charge in [-0.25, -0.2) is 0 Å².